The van der Waals surface area contributed by atoms with Crippen LogP contribution in [0.4, 0.5) is 0 Å². The fraction of sp³-hybridized carbons (Fsp3) is 0.100. The molecule has 4 heteroatoms. The second-order valence-electron chi connectivity index (χ2n) is 2.10. The zero-order valence-corrected chi connectivity index (χ0v) is 10.7. The van der Waals surface area contributed by atoms with E-state index in [2.05, 4.69) is 11.8 Å². The van der Waals surface area contributed by atoms with E-state index in [1.807, 2.05) is 6.07 Å². The van der Waals surface area contributed by atoms with Crippen molar-refractivity contribution in [3.05, 3.63) is 43.0 Å². The van der Waals surface area contributed by atoms with E-state index in [9.17, 15) is 9.59 Å². The summed E-state index contributed by atoms with van der Waals surface area (Å²) < 4.78 is 3.86. The van der Waals surface area contributed by atoms with Crippen LogP contribution in [0.25, 0.3) is 0 Å². The first-order valence-electron chi connectivity index (χ1n) is 3.56. The Morgan fingerprint density at radius 2 is 1.79 bits per heavy atom. The van der Waals surface area contributed by atoms with E-state index in [-0.39, 0.29) is 38.7 Å². The maximum Gasteiger partial charge on any atom is 0.270 e. The van der Waals surface area contributed by atoms with Crippen molar-refractivity contribution in [2.24, 2.45) is 0 Å². The normalized spacial score (nSPS) is 7.29. The van der Waals surface area contributed by atoms with Gasteiger partial charge in [-0.2, -0.15) is 24.8 Å². The molecule has 1 rings (SSSR count). The van der Waals surface area contributed by atoms with Gasteiger partial charge in [-0.1, -0.05) is 6.07 Å². The predicted octanol–water partition coefficient (Wildman–Crippen LogP) is 1.48. The summed E-state index contributed by atoms with van der Waals surface area (Å²) in [5, 5.41) is 0. The molecule has 0 unspecified atom stereocenters. The molecule has 0 saturated heterocycles. The molecule has 14 heavy (non-hydrogen) atoms. The number of rotatable bonds is 1. The van der Waals surface area contributed by atoms with Gasteiger partial charge in [0.25, 0.3) is 5.97 Å². The molecule has 0 aromatic heterocycles. The number of carbonyl (C=O) groups excluding carboxylic acids is 2. The second kappa shape index (κ2) is 10.5. The molecule has 0 saturated carbocycles. The van der Waals surface area contributed by atoms with Gasteiger partial charge in [0.05, 0.1) is 6.29 Å². The standard InChI is InChI=1S/C7H5O.C3H5O2.Y/c8-6-7-4-2-1-3-5-7;1-3(4)5-2;/h1-5H;2H2,1H3;/q2*-1;. The topological polar surface area (TPSA) is 43.4 Å². The van der Waals surface area contributed by atoms with Crippen LogP contribution in [0.3, 0.4) is 0 Å². The number of esters is 1. The van der Waals surface area contributed by atoms with Crippen LogP contribution in [0.15, 0.2) is 30.3 Å². The number of ether oxygens (including phenoxy) is 1. The van der Waals surface area contributed by atoms with Crippen LogP contribution in [0, 0.1) is 7.11 Å². The summed E-state index contributed by atoms with van der Waals surface area (Å²) in [5.74, 6) is -0.356. The Hall–Kier alpha value is -0.536. The minimum atomic E-state index is -0.356. The maximum atomic E-state index is 9.88. The summed E-state index contributed by atoms with van der Waals surface area (Å²) in [5.41, 5.74) is 0.604. The molecule has 0 aliphatic carbocycles. The van der Waals surface area contributed by atoms with Crippen molar-refractivity contribution in [3.63, 3.8) is 0 Å². The van der Waals surface area contributed by atoms with Gasteiger partial charge in [0.15, 0.2) is 0 Å². The van der Waals surface area contributed by atoms with Gasteiger partial charge >= 0.3 is 0 Å². The van der Waals surface area contributed by atoms with Gasteiger partial charge in [-0.05, 0) is 0 Å². The first-order chi connectivity index (χ1) is 6.20. The SMILES string of the molecule is O=[C-]c1ccccc1.[CH2-]OC(C)=O.[Y]. The van der Waals surface area contributed by atoms with Crippen molar-refractivity contribution in [2.75, 3.05) is 0 Å². The maximum absolute atomic E-state index is 9.88. The van der Waals surface area contributed by atoms with E-state index >= 15 is 0 Å². The van der Waals surface area contributed by atoms with Crippen LogP contribution in [-0.2, 0) is 47.0 Å². The average Bonchev–Trinajstić information content (AvgIpc) is 2.20. The molecule has 1 radical (unpaired) electrons. The Labute approximate surface area is 109 Å². The van der Waals surface area contributed by atoms with Crippen molar-refractivity contribution in [1.29, 1.82) is 0 Å². The van der Waals surface area contributed by atoms with Gasteiger partial charge in [0.2, 0.25) is 0 Å². The van der Waals surface area contributed by atoms with Gasteiger partial charge < -0.3 is 9.53 Å². The number of benzene rings is 1. The van der Waals surface area contributed by atoms with Crippen LogP contribution in [0.2, 0.25) is 0 Å². The summed E-state index contributed by atoms with van der Waals surface area (Å²) in [6, 6.07) is 8.90. The summed E-state index contributed by atoms with van der Waals surface area (Å²) >= 11 is 0. The largest absolute Gasteiger partial charge is 0.640 e. The summed E-state index contributed by atoms with van der Waals surface area (Å²) in [6.07, 6.45) is 1.78. The van der Waals surface area contributed by atoms with Gasteiger partial charge in [-0.25, -0.2) is 0 Å². The molecule has 1 aromatic rings. The van der Waals surface area contributed by atoms with Crippen molar-refractivity contribution in [1.82, 2.24) is 0 Å². The summed E-state index contributed by atoms with van der Waals surface area (Å²) in [4.78, 5) is 19.4. The average molecular weight is 267 g/mol. The minimum absolute atomic E-state index is 0. The Morgan fingerprint density at radius 3 is 2.00 bits per heavy atom. The molecule has 0 N–H and O–H groups in total. The monoisotopic (exact) mass is 267 g/mol. The predicted molar refractivity (Wildman–Crippen MR) is 48.4 cm³/mol. The second-order valence-corrected chi connectivity index (χ2v) is 2.10. The van der Waals surface area contributed by atoms with Crippen LogP contribution in [-0.4, -0.2) is 12.3 Å². The molecule has 0 aliphatic rings. The molecule has 3 nitrogen and oxygen atoms in total. The first kappa shape index (κ1) is 15.9. The molecule has 0 fully saturated rings. The van der Waals surface area contributed by atoms with E-state index in [1.54, 1.807) is 30.6 Å². The van der Waals surface area contributed by atoms with Gasteiger partial charge in [0.1, 0.15) is 0 Å². The molecular weight excluding hydrogens is 257 g/mol. The summed E-state index contributed by atoms with van der Waals surface area (Å²) in [6.45, 7) is 1.30. The molecule has 73 valence electrons. The number of hydrogen-bond donors (Lipinski definition) is 0. The zero-order valence-electron chi connectivity index (χ0n) is 7.90. The fourth-order valence-electron chi connectivity index (χ4n) is 0.506. The third-order valence-corrected chi connectivity index (χ3v) is 1.09. The Kier molecular flexibility index (Phi) is 12.0. The van der Waals surface area contributed by atoms with Crippen LogP contribution in [0.5, 0.6) is 0 Å². The quantitative estimate of drug-likeness (QED) is 0.572. The Morgan fingerprint density at radius 1 is 1.36 bits per heavy atom. The molecule has 1 aromatic carbocycles. The summed E-state index contributed by atoms with van der Waals surface area (Å²) in [7, 11) is 2.84. The van der Waals surface area contributed by atoms with Crippen LogP contribution in [0.1, 0.15) is 12.5 Å². The van der Waals surface area contributed by atoms with Crippen molar-refractivity contribution < 1.29 is 47.0 Å². The Bertz CT molecular complexity index is 259. The molecule has 0 amide bonds. The smallest absolute Gasteiger partial charge is 0.270 e. The minimum Gasteiger partial charge on any atom is -0.640 e. The van der Waals surface area contributed by atoms with E-state index in [1.165, 1.54) is 6.92 Å². The fourth-order valence-corrected chi connectivity index (χ4v) is 0.506. The molecule has 0 bridgehead atoms. The third-order valence-electron chi connectivity index (χ3n) is 1.09. The number of carbonyl (C=O) groups is 1. The van der Waals surface area contributed by atoms with Crippen LogP contribution < -0.4 is 0 Å². The van der Waals surface area contributed by atoms with Crippen molar-refractivity contribution >= 4 is 12.3 Å². The van der Waals surface area contributed by atoms with Crippen molar-refractivity contribution in [3.8, 4) is 0 Å². The van der Waals surface area contributed by atoms with E-state index in [0.29, 0.717) is 5.56 Å². The molecule has 0 spiro atoms. The molecular formula is C10H10O3Y-2. The molecule has 0 atom stereocenters. The van der Waals surface area contributed by atoms with E-state index in [4.69, 9.17) is 0 Å². The van der Waals surface area contributed by atoms with Gasteiger partial charge in [-0.3, -0.25) is 4.79 Å². The first-order valence-corrected chi connectivity index (χ1v) is 3.56. The molecule has 0 heterocycles. The third kappa shape index (κ3) is 9.55. The van der Waals surface area contributed by atoms with E-state index in [0.717, 1.165) is 0 Å². The van der Waals surface area contributed by atoms with Crippen LogP contribution >= 0.6 is 0 Å². The van der Waals surface area contributed by atoms with Gasteiger partial charge in [0, 0.05) is 39.6 Å². The number of hydrogen-bond acceptors (Lipinski definition) is 3. The van der Waals surface area contributed by atoms with Crippen molar-refractivity contribution in [2.45, 2.75) is 6.92 Å². The molecule has 0 aliphatic heterocycles. The Balaban J connectivity index is 0. The zero-order chi connectivity index (χ0) is 10.1. The van der Waals surface area contributed by atoms with E-state index < -0.39 is 0 Å². The van der Waals surface area contributed by atoms with Gasteiger partial charge in [-0.15, -0.1) is 12.1 Å².